The average molecular weight is 192 g/mol. The van der Waals surface area contributed by atoms with E-state index in [2.05, 4.69) is 0 Å². The summed E-state index contributed by atoms with van der Waals surface area (Å²) in [7, 11) is 0. The number of carbonyl (C=O) groups is 1. The summed E-state index contributed by atoms with van der Waals surface area (Å²) in [5, 5.41) is 9.10. The molecule has 1 aromatic rings. The first-order valence-electron chi connectivity index (χ1n) is 4.87. The summed E-state index contributed by atoms with van der Waals surface area (Å²) in [4.78, 5) is 11.0. The molecule has 0 fully saturated rings. The fourth-order valence-corrected chi connectivity index (χ4v) is 1.28. The molecule has 14 heavy (non-hydrogen) atoms. The molecule has 1 unspecified atom stereocenters. The maximum atomic E-state index is 11.0. The van der Waals surface area contributed by atoms with Gasteiger partial charge >= 0.3 is 0 Å². The third-order valence-electron chi connectivity index (χ3n) is 2.21. The lowest BCUT2D eigenvalue weighted by molar-refractivity contribution is 0.101. The number of rotatable bonds is 4. The summed E-state index contributed by atoms with van der Waals surface area (Å²) in [5.74, 6) is 0.0899. The van der Waals surface area contributed by atoms with Crippen LogP contribution in [0, 0.1) is 0 Å². The van der Waals surface area contributed by atoms with Gasteiger partial charge in [-0.15, -0.1) is 0 Å². The molecule has 0 spiro atoms. The topological polar surface area (TPSA) is 37.3 Å². The first-order chi connectivity index (χ1) is 6.59. The maximum absolute atomic E-state index is 11.0. The van der Waals surface area contributed by atoms with Gasteiger partial charge in [-0.3, -0.25) is 4.79 Å². The second-order valence-electron chi connectivity index (χ2n) is 3.64. The molecule has 0 amide bonds. The van der Waals surface area contributed by atoms with Crippen LogP contribution in [-0.2, 0) is 6.42 Å². The molecular weight excluding hydrogens is 176 g/mol. The van der Waals surface area contributed by atoms with Gasteiger partial charge in [0.15, 0.2) is 5.78 Å². The highest BCUT2D eigenvalue weighted by atomic mass is 16.3. The van der Waals surface area contributed by atoms with Crippen LogP contribution >= 0.6 is 0 Å². The SMILES string of the molecule is CC(=O)c1ccc(CCC(C)O)cc1. The smallest absolute Gasteiger partial charge is 0.159 e. The Morgan fingerprint density at radius 3 is 2.36 bits per heavy atom. The Balaban J connectivity index is 2.60. The third kappa shape index (κ3) is 3.30. The molecule has 0 saturated carbocycles. The van der Waals surface area contributed by atoms with Crippen LogP contribution in [0.2, 0.25) is 0 Å². The summed E-state index contributed by atoms with van der Waals surface area (Å²) in [6.45, 7) is 3.34. The minimum Gasteiger partial charge on any atom is -0.393 e. The Morgan fingerprint density at radius 2 is 1.93 bits per heavy atom. The van der Waals surface area contributed by atoms with E-state index in [4.69, 9.17) is 5.11 Å². The molecule has 1 N–H and O–H groups in total. The number of ketones is 1. The minimum atomic E-state index is -0.262. The van der Waals surface area contributed by atoms with Gasteiger partial charge in [0.2, 0.25) is 0 Å². The molecule has 0 saturated heterocycles. The quantitative estimate of drug-likeness (QED) is 0.742. The van der Waals surface area contributed by atoms with Gasteiger partial charge in [-0.25, -0.2) is 0 Å². The predicted molar refractivity (Wildman–Crippen MR) is 56.4 cm³/mol. The van der Waals surface area contributed by atoms with Gasteiger partial charge in [-0.2, -0.15) is 0 Å². The van der Waals surface area contributed by atoms with Crippen molar-refractivity contribution in [3.05, 3.63) is 35.4 Å². The van der Waals surface area contributed by atoms with E-state index >= 15 is 0 Å². The number of hydrogen-bond acceptors (Lipinski definition) is 2. The zero-order valence-corrected chi connectivity index (χ0v) is 8.66. The van der Waals surface area contributed by atoms with Crippen LogP contribution in [0.1, 0.15) is 36.2 Å². The lowest BCUT2D eigenvalue weighted by Gasteiger charge is -2.04. The summed E-state index contributed by atoms with van der Waals surface area (Å²) in [6.07, 6.45) is 1.36. The Labute approximate surface area is 84.6 Å². The van der Waals surface area contributed by atoms with Crippen molar-refractivity contribution in [1.29, 1.82) is 0 Å². The number of aryl methyl sites for hydroxylation is 1. The van der Waals surface area contributed by atoms with Gasteiger partial charge in [0.05, 0.1) is 6.10 Å². The van der Waals surface area contributed by atoms with E-state index in [1.807, 2.05) is 24.3 Å². The van der Waals surface area contributed by atoms with E-state index in [1.165, 1.54) is 0 Å². The highest BCUT2D eigenvalue weighted by Crippen LogP contribution is 2.08. The highest BCUT2D eigenvalue weighted by molar-refractivity contribution is 5.93. The summed E-state index contributed by atoms with van der Waals surface area (Å²) in [6, 6.07) is 7.55. The Morgan fingerprint density at radius 1 is 1.36 bits per heavy atom. The molecule has 0 aromatic heterocycles. The molecule has 0 aliphatic heterocycles. The van der Waals surface area contributed by atoms with Gasteiger partial charge in [0, 0.05) is 5.56 Å². The lowest BCUT2D eigenvalue weighted by Crippen LogP contribution is -2.01. The van der Waals surface area contributed by atoms with Gasteiger partial charge in [-0.05, 0) is 32.3 Å². The summed E-state index contributed by atoms with van der Waals surface area (Å²) >= 11 is 0. The highest BCUT2D eigenvalue weighted by Gasteiger charge is 2.00. The van der Waals surface area contributed by atoms with Gasteiger partial charge < -0.3 is 5.11 Å². The predicted octanol–water partition coefficient (Wildman–Crippen LogP) is 2.20. The van der Waals surface area contributed by atoms with Crippen LogP contribution in [0.25, 0.3) is 0 Å². The standard InChI is InChI=1S/C12H16O2/c1-9(13)3-4-11-5-7-12(8-6-11)10(2)14/h5-9,13H,3-4H2,1-2H3. The molecule has 76 valence electrons. The van der Waals surface area contributed by atoms with Crippen molar-refractivity contribution < 1.29 is 9.90 Å². The van der Waals surface area contributed by atoms with Crippen LogP contribution in [-0.4, -0.2) is 17.0 Å². The van der Waals surface area contributed by atoms with Crippen molar-refractivity contribution in [1.82, 2.24) is 0 Å². The Bertz CT molecular complexity index is 299. The van der Waals surface area contributed by atoms with Crippen LogP contribution in [0.4, 0.5) is 0 Å². The van der Waals surface area contributed by atoms with Crippen molar-refractivity contribution >= 4 is 5.78 Å². The minimum absolute atomic E-state index is 0.0899. The van der Waals surface area contributed by atoms with Gasteiger partial charge in [0.1, 0.15) is 0 Å². The second kappa shape index (κ2) is 4.91. The van der Waals surface area contributed by atoms with Crippen molar-refractivity contribution in [2.45, 2.75) is 32.8 Å². The molecule has 1 aromatic carbocycles. The van der Waals surface area contributed by atoms with Crippen molar-refractivity contribution in [2.75, 3.05) is 0 Å². The number of Topliss-reactive ketones (excluding diaryl/α,β-unsaturated/α-hetero) is 1. The van der Waals surface area contributed by atoms with Crippen LogP contribution < -0.4 is 0 Å². The molecule has 1 atom stereocenters. The molecule has 2 heteroatoms. The zero-order chi connectivity index (χ0) is 10.6. The van der Waals surface area contributed by atoms with Gasteiger partial charge in [0.25, 0.3) is 0 Å². The van der Waals surface area contributed by atoms with Crippen LogP contribution in [0.5, 0.6) is 0 Å². The lowest BCUT2D eigenvalue weighted by atomic mass is 10.0. The zero-order valence-electron chi connectivity index (χ0n) is 8.66. The van der Waals surface area contributed by atoms with E-state index in [0.29, 0.717) is 0 Å². The molecule has 0 aliphatic rings. The average Bonchev–Trinajstić information content (AvgIpc) is 2.15. The van der Waals surface area contributed by atoms with E-state index in [9.17, 15) is 4.79 Å². The summed E-state index contributed by atoms with van der Waals surface area (Å²) < 4.78 is 0. The number of hydrogen-bond donors (Lipinski definition) is 1. The molecule has 0 radical (unpaired) electrons. The van der Waals surface area contributed by atoms with E-state index in [1.54, 1.807) is 13.8 Å². The van der Waals surface area contributed by atoms with E-state index in [0.717, 1.165) is 24.0 Å². The first kappa shape index (κ1) is 10.9. The first-order valence-corrected chi connectivity index (χ1v) is 4.87. The number of aliphatic hydroxyl groups is 1. The fourth-order valence-electron chi connectivity index (χ4n) is 1.28. The number of carbonyl (C=O) groups excluding carboxylic acids is 1. The second-order valence-corrected chi connectivity index (χ2v) is 3.64. The van der Waals surface area contributed by atoms with Crippen molar-refractivity contribution in [3.8, 4) is 0 Å². The Kier molecular flexibility index (Phi) is 3.84. The molecule has 1 rings (SSSR count). The Hall–Kier alpha value is -1.15. The molecular formula is C12H16O2. The molecule has 2 nitrogen and oxygen atoms in total. The van der Waals surface area contributed by atoms with E-state index in [-0.39, 0.29) is 11.9 Å². The third-order valence-corrected chi connectivity index (χ3v) is 2.21. The monoisotopic (exact) mass is 192 g/mol. The van der Waals surface area contributed by atoms with Crippen LogP contribution in [0.3, 0.4) is 0 Å². The summed E-state index contributed by atoms with van der Waals surface area (Å²) in [5.41, 5.74) is 1.90. The fraction of sp³-hybridized carbons (Fsp3) is 0.417. The van der Waals surface area contributed by atoms with E-state index < -0.39 is 0 Å². The van der Waals surface area contributed by atoms with Gasteiger partial charge in [-0.1, -0.05) is 24.3 Å². The molecule has 0 aliphatic carbocycles. The normalized spacial score (nSPS) is 12.5. The number of benzene rings is 1. The molecule has 0 heterocycles. The van der Waals surface area contributed by atoms with Crippen molar-refractivity contribution in [3.63, 3.8) is 0 Å². The maximum Gasteiger partial charge on any atom is 0.159 e. The molecule has 0 bridgehead atoms. The van der Waals surface area contributed by atoms with Crippen molar-refractivity contribution in [2.24, 2.45) is 0 Å². The van der Waals surface area contributed by atoms with Crippen LogP contribution in [0.15, 0.2) is 24.3 Å². The number of aliphatic hydroxyl groups excluding tert-OH is 1. The largest absolute Gasteiger partial charge is 0.393 e.